The van der Waals surface area contributed by atoms with Crippen LogP contribution >= 0.6 is 0 Å². The van der Waals surface area contributed by atoms with Crippen LogP contribution in [0.25, 0.3) is 11.0 Å². The first-order valence-corrected chi connectivity index (χ1v) is 4.76. The molecule has 1 aromatic heterocycles. The van der Waals surface area contributed by atoms with E-state index in [1.165, 1.54) is 6.07 Å². The number of para-hydroxylation sites is 1. The number of hydrogen-bond acceptors (Lipinski definition) is 5. The number of nitrogens with zero attached hydrogens (tertiary/aromatic N) is 1. The second-order valence-corrected chi connectivity index (χ2v) is 3.37. The quantitative estimate of drug-likeness (QED) is 0.454. The lowest BCUT2D eigenvalue weighted by Crippen LogP contribution is -2.08. The Bertz CT molecular complexity index is 658. The monoisotopic (exact) mass is 233 g/mol. The van der Waals surface area contributed by atoms with Crippen molar-refractivity contribution in [1.82, 2.24) is 0 Å². The molecule has 0 bridgehead atoms. The average Bonchev–Trinajstić information content (AvgIpc) is 2.30. The van der Waals surface area contributed by atoms with E-state index in [1.54, 1.807) is 12.1 Å². The first-order valence-electron chi connectivity index (χ1n) is 4.76. The van der Waals surface area contributed by atoms with Gasteiger partial charge in [0, 0.05) is 12.0 Å². The predicted molar refractivity (Wildman–Crippen MR) is 58.9 cm³/mol. The van der Waals surface area contributed by atoms with E-state index in [-0.39, 0.29) is 17.4 Å². The van der Waals surface area contributed by atoms with Gasteiger partial charge in [-0.3, -0.25) is 14.9 Å². The zero-order valence-electron chi connectivity index (χ0n) is 8.58. The van der Waals surface area contributed by atoms with Gasteiger partial charge in [-0.15, -0.1) is 0 Å². The summed E-state index contributed by atoms with van der Waals surface area (Å²) >= 11 is 0. The minimum Gasteiger partial charge on any atom is -0.457 e. The summed E-state index contributed by atoms with van der Waals surface area (Å²) in [6, 6.07) is 4.62. The summed E-state index contributed by atoms with van der Waals surface area (Å²) in [5.74, 6) is 0. The largest absolute Gasteiger partial charge is 0.457 e. The fourth-order valence-electron chi connectivity index (χ4n) is 1.59. The lowest BCUT2D eigenvalue weighted by Gasteiger charge is -2.01. The van der Waals surface area contributed by atoms with Crippen LogP contribution in [0.1, 0.15) is 5.56 Å². The van der Waals surface area contributed by atoms with Crippen molar-refractivity contribution < 1.29 is 14.1 Å². The van der Waals surface area contributed by atoms with E-state index >= 15 is 0 Å². The molecule has 0 aliphatic heterocycles. The molecule has 2 rings (SSSR count). The van der Waals surface area contributed by atoms with Crippen LogP contribution < -0.4 is 5.43 Å². The van der Waals surface area contributed by atoms with E-state index in [4.69, 9.17) is 4.42 Å². The van der Waals surface area contributed by atoms with Crippen LogP contribution in [-0.4, -0.2) is 11.2 Å². The fraction of sp³-hybridized carbons (Fsp3) is 0.0909. The molecule has 6 nitrogen and oxygen atoms in total. The highest BCUT2D eigenvalue weighted by molar-refractivity contribution is 5.83. The molecule has 0 unspecified atom stereocenters. The number of hydrogen-bond donors (Lipinski definition) is 0. The number of aldehydes is 1. The van der Waals surface area contributed by atoms with Gasteiger partial charge in [0.2, 0.25) is 0 Å². The van der Waals surface area contributed by atoms with Crippen LogP contribution in [0.15, 0.2) is 33.7 Å². The van der Waals surface area contributed by atoms with Gasteiger partial charge in [-0.2, -0.15) is 0 Å². The number of fused-ring (bicyclic) bond motifs is 1. The van der Waals surface area contributed by atoms with Gasteiger partial charge in [0.15, 0.2) is 6.26 Å². The summed E-state index contributed by atoms with van der Waals surface area (Å²) in [5, 5.41) is 10.7. The highest BCUT2D eigenvalue weighted by Gasteiger charge is 2.17. The zero-order valence-corrected chi connectivity index (χ0v) is 8.58. The van der Waals surface area contributed by atoms with Crippen LogP contribution in [-0.2, 0) is 11.2 Å². The minimum atomic E-state index is -0.794. The highest BCUT2D eigenvalue weighted by Crippen LogP contribution is 2.19. The molecule has 0 fully saturated rings. The van der Waals surface area contributed by atoms with Gasteiger partial charge in [0.25, 0.3) is 5.43 Å². The summed E-state index contributed by atoms with van der Waals surface area (Å²) in [6.45, 7) is 0. The van der Waals surface area contributed by atoms with Crippen LogP contribution in [0.5, 0.6) is 0 Å². The van der Waals surface area contributed by atoms with Crippen molar-refractivity contribution in [2.45, 2.75) is 6.42 Å². The van der Waals surface area contributed by atoms with Gasteiger partial charge in [-0.25, -0.2) is 0 Å². The van der Waals surface area contributed by atoms with E-state index in [9.17, 15) is 19.7 Å². The number of carbonyl (C=O) groups excluding carboxylic acids is 1. The maximum Gasteiger partial charge on any atom is 0.351 e. The van der Waals surface area contributed by atoms with Crippen molar-refractivity contribution in [3.05, 3.63) is 50.4 Å². The Labute approximate surface area is 94.6 Å². The molecular weight excluding hydrogens is 226 g/mol. The Morgan fingerprint density at radius 2 is 2.18 bits per heavy atom. The third kappa shape index (κ3) is 1.80. The number of carbonyl (C=O) groups is 1. The standard InChI is InChI=1S/C11H7NO5/c13-5-4-7-2-1-3-8-10(14)9(12(15)16)6-17-11(7)8/h1-3,5-6H,4H2. The molecule has 0 saturated carbocycles. The van der Waals surface area contributed by atoms with Gasteiger partial charge >= 0.3 is 5.69 Å². The first kappa shape index (κ1) is 11.0. The van der Waals surface area contributed by atoms with Gasteiger partial charge in [0.1, 0.15) is 11.9 Å². The second kappa shape index (κ2) is 4.17. The molecule has 0 spiro atoms. The summed E-state index contributed by atoms with van der Waals surface area (Å²) in [4.78, 5) is 32.0. The van der Waals surface area contributed by atoms with E-state index in [1.807, 2.05) is 0 Å². The smallest absolute Gasteiger partial charge is 0.351 e. The summed E-state index contributed by atoms with van der Waals surface area (Å²) in [6.07, 6.45) is 1.58. The van der Waals surface area contributed by atoms with Crippen molar-refractivity contribution >= 4 is 22.9 Å². The van der Waals surface area contributed by atoms with Crippen molar-refractivity contribution in [2.75, 3.05) is 0 Å². The molecule has 2 aromatic rings. The van der Waals surface area contributed by atoms with Crippen LogP contribution in [0.3, 0.4) is 0 Å². The predicted octanol–water partition coefficient (Wildman–Crippen LogP) is 1.44. The molecule has 86 valence electrons. The van der Waals surface area contributed by atoms with E-state index in [0.29, 0.717) is 11.8 Å². The third-order valence-corrected chi connectivity index (χ3v) is 2.36. The second-order valence-electron chi connectivity index (χ2n) is 3.37. The Kier molecular flexibility index (Phi) is 2.70. The molecule has 0 radical (unpaired) electrons. The molecule has 6 heteroatoms. The molecular formula is C11H7NO5. The molecule has 0 amide bonds. The number of benzene rings is 1. The molecule has 1 heterocycles. The van der Waals surface area contributed by atoms with E-state index in [0.717, 1.165) is 6.26 Å². The summed E-state index contributed by atoms with van der Waals surface area (Å²) in [7, 11) is 0. The maximum absolute atomic E-state index is 11.7. The average molecular weight is 233 g/mol. The lowest BCUT2D eigenvalue weighted by atomic mass is 10.1. The van der Waals surface area contributed by atoms with Crippen LogP contribution in [0.2, 0.25) is 0 Å². The maximum atomic E-state index is 11.7. The lowest BCUT2D eigenvalue weighted by molar-refractivity contribution is -0.386. The molecule has 0 aliphatic carbocycles. The topological polar surface area (TPSA) is 90.4 Å². The fourth-order valence-corrected chi connectivity index (χ4v) is 1.59. The van der Waals surface area contributed by atoms with Gasteiger partial charge < -0.3 is 9.21 Å². The molecule has 0 N–H and O–H groups in total. The van der Waals surface area contributed by atoms with Crippen molar-refractivity contribution in [3.63, 3.8) is 0 Å². The van der Waals surface area contributed by atoms with Crippen LogP contribution in [0, 0.1) is 10.1 Å². The Balaban J connectivity index is 2.80. The first-order chi connectivity index (χ1) is 8.15. The number of nitro groups is 1. The Hall–Kier alpha value is -2.50. The zero-order chi connectivity index (χ0) is 12.4. The third-order valence-electron chi connectivity index (χ3n) is 2.36. The number of rotatable bonds is 3. The summed E-state index contributed by atoms with van der Waals surface area (Å²) in [5.41, 5.74) is -0.565. The van der Waals surface area contributed by atoms with Gasteiger partial charge in [-0.05, 0) is 6.07 Å². The highest BCUT2D eigenvalue weighted by atomic mass is 16.6. The van der Waals surface area contributed by atoms with Crippen molar-refractivity contribution in [3.8, 4) is 0 Å². The molecule has 17 heavy (non-hydrogen) atoms. The van der Waals surface area contributed by atoms with E-state index in [2.05, 4.69) is 0 Å². The molecule has 0 atom stereocenters. The van der Waals surface area contributed by atoms with Crippen molar-refractivity contribution in [1.29, 1.82) is 0 Å². The van der Waals surface area contributed by atoms with Gasteiger partial charge in [-0.1, -0.05) is 12.1 Å². The van der Waals surface area contributed by atoms with Crippen LogP contribution in [0.4, 0.5) is 5.69 Å². The Morgan fingerprint density at radius 1 is 1.41 bits per heavy atom. The Morgan fingerprint density at radius 3 is 2.82 bits per heavy atom. The molecule has 1 aromatic carbocycles. The minimum absolute atomic E-state index is 0.0953. The summed E-state index contributed by atoms with van der Waals surface area (Å²) < 4.78 is 5.07. The van der Waals surface area contributed by atoms with Gasteiger partial charge in [0.05, 0.1) is 10.3 Å². The SMILES string of the molecule is O=CCc1cccc2c(=O)c([N+](=O)[O-])coc12. The molecule has 0 saturated heterocycles. The van der Waals surface area contributed by atoms with Crippen molar-refractivity contribution in [2.24, 2.45) is 0 Å². The van der Waals surface area contributed by atoms with E-state index < -0.39 is 16.0 Å². The molecule has 0 aliphatic rings. The normalized spacial score (nSPS) is 10.4.